The molecule has 9 heteroatoms. The molecule has 0 radical (unpaired) electrons. The van der Waals surface area contributed by atoms with Gasteiger partial charge in [0.15, 0.2) is 0 Å². The van der Waals surface area contributed by atoms with Crippen LogP contribution in [-0.2, 0) is 11.8 Å². The van der Waals surface area contributed by atoms with Crippen molar-refractivity contribution < 1.29 is 14.5 Å². The van der Waals surface area contributed by atoms with Crippen LogP contribution in [0, 0.1) is 15.5 Å². The molecule has 3 heterocycles. The molecule has 0 saturated carbocycles. The highest BCUT2D eigenvalue weighted by molar-refractivity contribution is 5.69. The fraction of sp³-hybridized carbons (Fsp3) is 0.750. The van der Waals surface area contributed by atoms with Crippen molar-refractivity contribution in [2.75, 3.05) is 31.1 Å². The summed E-state index contributed by atoms with van der Waals surface area (Å²) in [5, 5.41) is 15.3. The van der Waals surface area contributed by atoms with E-state index in [2.05, 4.69) is 5.10 Å². The number of ether oxygens (including phenoxy) is 1. The number of amides is 1. The maximum absolute atomic E-state index is 12.2. The van der Waals surface area contributed by atoms with E-state index in [1.54, 1.807) is 16.6 Å². The summed E-state index contributed by atoms with van der Waals surface area (Å²) in [6.07, 6.45) is 2.95. The summed E-state index contributed by atoms with van der Waals surface area (Å²) in [6.45, 7) is 8.26. The lowest BCUT2D eigenvalue weighted by Gasteiger charge is -2.54. The Kier molecular flexibility index (Phi) is 4.12. The lowest BCUT2D eigenvalue weighted by molar-refractivity contribution is -0.384. The Hall–Kier alpha value is -2.32. The highest BCUT2D eigenvalue weighted by Crippen LogP contribution is 2.42. The van der Waals surface area contributed by atoms with Crippen molar-refractivity contribution in [2.24, 2.45) is 12.5 Å². The molecule has 0 unspecified atom stereocenters. The molecular weight excluding hydrogens is 326 g/mol. The molecule has 138 valence electrons. The first-order valence-corrected chi connectivity index (χ1v) is 8.50. The van der Waals surface area contributed by atoms with E-state index in [-0.39, 0.29) is 17.2 Å². The fourth-order valence-corrected chi connectivity index (χ4v) is 3.78. The van der Waals surface area contributed by atoms with Gasteiger partial charge in [0.25, 0.3) is 0 Å². The molecule has 0 aromatic carbocycles. The molecule has 2 fully saturated rings. The SMILES string of the molecule is Cn1ncc([N+](=O)[O-])c1N1CCCC2(CN(C(=O)OC(C)(C)C)C2)C1. The normalized spacial score (nSPS) is 19.7. The summed E-state index contributed by atoms with van der Waals surface area (Å²) >= 11 is 0. The quantitative estimate of drug-likeness (QED) is 0.599. The number of rotatable bonds is 2. The third-order valence-electron chi connectivity index (χ3n) is 4.75. The number of carbonyl (C=O) groups excluding carboxylic acids is 1. The second kappa shape index (κ2) is 5.89. The zero-order chi connectivity index (χ0) is 18.4. The monoisotopic (exact) mass is 351 g/mol. The zero-order valence-electron chi connectivity index (χ0n) is 15.2. The van der Waals surface area contributed by atoms with Crippen molar-refractivity contribution >= 4 is 17.6 Å². The molecule has 0 bridgehead atoms. The van der Waals surface area contributed by atoms with Crippen LogP contribution >= 0.6 is 0 Å². The number of likely N-dealkylation sites (tertiary alicyclic amines) is 1. The van der Waals surface area contributed by atoms with E-state index < -0.39 is 10.5 Å². The molecule has 2 aliphatic rings. The maximum Gasteiger partial charge on any atom is 0.410 e. The number of aryl methyl sites for hydroxylation is 1. The van der Waals surface area contributed by atoms with E-state index in [1.807, 2.05) is 25.7 Å². The number of anilines is 1. The average molecular weight is 351 g/mol. The highest BCUT2D eigenvalue weighted by atomic mass is 16.6. The van der Waals surface area contributed by atoms with Gasteiger partial charge in [-0.1, -0.05) is 0 Å². The van der Waals surface area contributed by atoms with E-state index in [0.717, 1.165) is 19.4 Å². The molecule has 0 N–H and O–H groups in total. The van der Waals surface area contributed by atoms with Crippen LogP contribution in [0.1, 0.15) is 33.6 Å². The first kappa shape index (κ1) is 17.5. The summed E-state index contributed by atoms with van der Waals surface area (Å²) in [7, 11) is 1.72. The van der Waals surface area contributed by atoms with Crippen molar-refractivity contribution in [3.63, 3.8) is 0 Å². The Morgan fingerprint density at radius 2 is 2.04 bits per heavy atom. The van der Waals surface area contributed by atoms with Crippen molar-refractivity contribution in [1.82, 2.24) is 14.7 Å². The van der Waals surface area contributed by atoms with Crippen LogP contribution in [0.4, 0.5) is 16.3 Å². The standard InChI is InChI=1S/C16H25N5O4/c1-15(2,3)25-14(22)20-10-16(11-20)6-5-7-19(9-16)13-12(21(23)24)8-17-18(13)4/h8H,5-7,9-11H2,1-4H3. The first-order chi connectivity index (χ1) is 11.6. The third-order valence-corrected chi connectivity index (χ3v) is 4.75. The minimum Gasteiger partial charge on any atom is -0.444 e. The van der Waals surface area contributed by atoms with Gasteiger partial charge in [0.1, 0.15) is 11.8 Å². The van der Waals surface area contributed by atoms with Gasteiger partial charge in [0.05, 0.1) is 4.92 Å². The van der Waals surface area contributed by atoms with Crippen molar-refractivity contribution in [3.05, 3.63) is 16.3 Å². The van der Waals surface area contributed by atoms with Crippen LogP contribution in [-0.4, -0.2) is 57.5 Å². The molecule has 2 saturated heterocycles. The Labute approximate surface area is 146 Å². The Morgan fingerprint density at radius 3 is 2.64 bits per heavy atom. The molecule has 1 aromatic heterocycles. The van der Waals surface area contributed by atoms with Gasteiger partial charge in [-0.15, -0.1) is 0 Å². The van der Waals surface area contributed by atoms with Crippen molar-refractivity contribution in [2.45, 2.75) is 39.2 Å². The van der Waals surface area contributed by atoms with Crippen LogP contribution in [0.5, 0.6) is 0 Å². The van der Waals surface area contributed by atoms with Crippen LogP contribution < -0.4 is 4.90 Å². The summed E-state index contributed by atoms with van der Waals surface area (Å²) in [4.78, 5) is 26.8. The second-order valence-electron chi connectivity index (χ2n) is 8.10. The summed E-state index contributed by atoms with van der Waals surface area (Å²) in [6, 6.07) is 0. The lowest BCUT2D eigenvalue weighted by atomic mass is 9.73. The van der Waals surface area contributed by atoms with Gasteiger partial charge < -0.3 is 14.5 Å². The number of hydrogen-bond donors (Lipinski definition) is 0. The van der Waals surface area contributed by atoms with E-state index in [4.69, 9.17) is 4.74 Å². The average Bonchev–Trinajstić information content (AvgIpc) is 2.85. The van der Waals surface area contributed by atoms with Gasteiger partial charge >= 0.3 is 11.8 Å². The number of nitro groups is 1. The largest absolute Gasteiger partial charge is 0.444 e. The molecule has 2 aliphatic heterocycles. The van der Waals surface area contributed by atoms with Crippen molar-refractivity contribution in [1.29, 1.82) is 0 Å². The zero-order valence-corrected chi connectivity index (χ0v) is 15.2. The Balaban J connectivity index is 1.69. The molecule has 3 rings (SSSR count). The molecule has 1 amide bonds. The van der Waals surface area contributed by atoms with Gasteiger partial charge in [-0.3, -0.25) is 10.1 Å². The van der Waals surface area contributed by atoms with E-state index in [1.165, 1.54) is 6.20 Å². The minimum atomic E-state index is -0.506. The molecule has 25 heavy (non-hydrogen) atoms. The number of aromatic nitrogens is 2. The minimum absolute atomic E-state index is 0.0205. The molecule has 1 spiro atoms. The van der Waals surface area contributed by atoms with Crippen LogP contribution in [0.2, 0.25) is 0 Å². The van der Waals surface area contributed by atoms with E-state index >= 15 is 0 Å². The molecule has 0 aliphatic carbocycles. The van der Waals surface area contributed by atoms with Gasteiger partial charge in [-0.2, -0.15) is 5.10 Å². The fourth-order valence-electron chi connectivity index (χ4n) is 3.78. The number of piperidine rings is 1. The smallest absolute Gasteiger partial charge is 0.410 e. The predicted octanol–water partition coefficient (Wildman–Crippen LogP) is 2.17. The second-order valence-corrected chi connectivity index (χ2v) is 8.10. The Morgan fingerprint density at radius 1 is 1.36 bits per heavy atom. The summed E-state index contributed by atoms with van der Waals surface area (Å²) < 4.78 is 6.97. The van der Waals surface area contributed by atoms with Gasteiger partial charge in [0, 0.05) is 38.6 Å². The summed E-state index contributed by atoms with van der Waals surface area (Å²) in [5.41, 5.74) is -0.496. The number of carbonyl (C=O) groups is 1. The number of nitrogens with zero attached hydrogens (tertiary/aromatic N) is 5. The van der Waals surface area contributed by atoms with Gasteiger partial charge in [-0.25, -0.2) is 9.48 Å². The predicted molar refractivity (Wildman–Crippen MR) is 91.5 cm³/mol. The van der Waals surface area contributed by atoms with Gasteiger partial charge in [-0.05, 0) is 33.6 Å². The van der Waals surface area contributed by atoms with Gasteiger partial charge in [0.2, 0.25) is 5.82 Å². The highest BCUT2D eigenvalue weighted by Gasteiger charge is 2.49. The van der Waals surface area contributed by atoms with Crippen LogP contribution in [0.3, 0.4) is 0 Å². The molecular formula is C16H25N5O4. The van der Waals surface area contributed by atoms with Crippen molar-refractivity contribution in [3.8, 4) is 0 Å². The molecule has 1 aromatic rings. The number of hydrogen-bond acceptors (Lipinski definition) is 6. The topological polar surface area (TPSA) is 93.7 Å². The summed E-state index contributed by atoms with van der Waals surface area (Å²) in [5.74, 6) is 0.541. The Bertz CT molecular complexity index is 687. The van der Waals surface area contributed by atoms with Crippen LogP contribution in [0.15, 0.2) is 6.20 Å². The van der Waals surface area contributed by atoms with Crippen LogP contribution in [0.25, 0.3) is 0 Å². The molecule has 0 atom stereocenters. The van der Waals surface area contributed by atoms with E-state index in [9.17, 15) is 14.9 Å². The first-order valence-electron chi connectivity index (χ1n) is 8.50. The maximum atomic E-state index is 12.2. The lowest BCUT2D eigenvalue weighted by Crippen LogP contribution is -2.65. The third kappa shape index (κ3) is 3.40. The molecule has 9 nitrogen and oxygen atoms in total. The van der Waals surface area contributed by atoms with E-state index in [0.29, 0.717) is 25.5 Å².